The summed E-state index contributed by atoms with van der Waals surface area (Å²) in [7, 11) is 5.40. The first-order valence-corrected chi connectivity index (χ1v) is 7.36. The Bertz CT molecular complexity index is 736. The summed E-state index contributed by atoms with van der Waals surface area (Å²) < 4.78 is 5.25. The molecule has 0 saturated carbocycles. The molecule has 0 saturated heterocycles. The molecule has 2 aromatic rings. The minimum Gasteiger partial charge on any atom is -0.496 e. The van der Waals surface area contributed by atoms with Gasteiger partial charge in [0.1, 0.15) is 5.75 Å². The minimum absolute atomic E-state index is 0.127. The zero-order valence-electron chi connectivity index (χ0n) is 13.2. The molecule has 0 unspecified atom stereocenters. The lowest BCUT2D eigenvalue weighted by atomic mass is 10.0. The normalized spacial score (nSPS) is 11.2. The molecule has 120 valence electrons. The molecule has 5 heteroatoms. The van der Waals surface area contributed by atoms with Gasteiger partial charge in [-0.3, -0.25) is 0 Å². The van der Waals surface area contributed by atoms with E-state index in [1.807, 2.05) is 43.3 Å². The maximum absolute atomic E-state index is 11.7. The Morgan fingerprint density at radius 2 is 1.83 bits per heavy atom. The number of carbonyl (C=O) groups is 1. The highest BCUT2D eigenvalue weighted by Crippen LogP contribution is 2.31. The van der Waals surface area contributed by atoms with Crippen LogP contribution in [0.1, 0.15) is 11.1 Å². The number of benzene rings is 2. The van der Waals surface area contributed by atoms with Crippen LogP contribution in [-0.4, -0.2) is 32.3 Å². The van der Waals surface area contributed by atoms with Gasteiger partial charge in [0, 0.05) is 30.4 Å². The van der Waals surface area contributed by atoms with Crippen LogP contribution in [0.15, 0.2) is 42.5 Å². The van der Waals surface area contributed by atoms with Crippen molar-refractivity contribution in [3.63, 3.8) is 0 Å². The van der Waals surface area contributed by atoms with E-state index >= 15 is 0 Å². The van der Waals surface area contributed by atoms with Gasteiger partial charge < -0.3 is 14.7 Å². The third kappa shape index (κ3) is 4.05. The molecule has 0 spiro atoms. The average Bonchev–Trinajstić information content (AvgIpc) is 2.52. The molecule has 2 rings (SSSR count). The van der Waals surface area contributed by atoms with Crippen LogP contribution in [-0.2, 0) is 4.79 Å². The summed E-state index contributed by atoms with van der Waals surface area (Å²) in [6.07, 6.45) is 1.61. The fourth-order valence-electron chi connectivity index (χ4n) is 2.18. The maximum atomic E-state index is 11.7. The molecule has 0 bridgehead atoms. The van der Waals surface area contributed by atoms with Gasteiger partial charge in [0.2, 0.25) is 0 Å². The summed E-state index contributed by atoms with van der Waals surface area (Å²) >= 11 is 6.00. The molecule has 0 amide bonds. The molecule has 4 nitrogen and oxygen atoms in total. The first-order valence-electron chi connectivity index (χ1n) is 6.98. The predicted molar refractivity (Wildman–Crippen MR) is 94.3 cm³/mol. The van der Waals surface area contributed by atoms with Gasteiger partial charge >= 0.3 is 5.97 Å². The summed E-state index contributed by atoms with van der Waals surface area (Å²) in [5, 5.41) is 10.0. The van der Waals surface area contributed by atoms with Crippen LogP contribution in [0.4, 0.5) is 5.69 Å². The number of hydrogen-bond acceptors (Lipinski definition) is 3. The summed E-state index contributed by atoms with van der Waals surface area (Å²) in [5.41, 5.74) is 2.40. The third-order valence-electron chi connectivity index (χ3n) is 3.40. The molecular weight excluding hydrogens is 314 g/mol. The van der Waals surface area contributed by atoms with Crippen molar-refractivity contribution in [1.29, 1.82) is 0 Å². The largest absolute Gasteiger partial charge is 0.496 e. The molecular formula is C18H18ClNO3. The van der Waals surface area contributed by atoms with Gasteiger partial charge in [-0.1, -0.05) is 23.7 Å². The summed E-state index contributed by atoms with van der Waals surface area (Å²) in [6.45, 7) is 0. The second-order valence-corrected chi connectivity index (χ2v) is 5.63. The Labute approximate surface area is 140 Å². The maximum Gasteiger partial charge on any atom is 0.336 e. The second kappa shape index (κ2) is 7.20. The number of hydrogen-bond donors (Lipinski definition) is 1. The molecule has 0 heterocycles. The monoisotopic (exact) mass is 331 g/mol. The van der Waals surface area contributed by atoms with Crippen molar-refractivity contribution in [3.8, 4) is 5.75 Å². The fourth-order valence-corrected chi connectivity index (χ4v) is 2.35. The van der Waals surface area contributed by atoms with Crippen LogP contribution in [0.25, 0.3) is 11.6 Å². The Morgan fingerprint density at radius 1 is 1.17 bits per heavy atom. The molecule has 0 aliphatic rings. The Kier molecular flexibility index (Phi) is 5.29. The van der Waals surface area contributed by atoms with Gasteiger partial charge in [-0.2, -0.15) is 0 Å². The first-order chi connectivity index (χ1) is 10.9. The quantitative estimate of drug-likeness (QED) is 0.663. The fraction of sp³-hybridized carbons (Fsp3) is 0.167. The molecule has 0 aliphatic carbocycles. The summed E-state index contributed by atoms with van der Waals surface area (Å²) in [5.74, 6) is -0.574. The highest BCUT2D eigenvalue weighted by molar-refractivity contribution is 6.31. The van der Waals surface area contributed by atoms with Crippen LogP contribution in [0.5, 0.6) is 5.75 Å². The number of halogens is 1. The van der Waals surface area contributed by atoms with E-state index in [1.165, 1.54) is 7.11 Å². The van der Waals surface area contributed by atoms with Crippen LogP contribution in [0, 0.1) is 0 Å². The predicted octanol–water partition coefficient (Wildman–Crippen LogP) is 4.04. The van der Waals surface area contributed by atoms with Crippen molar-refractivity contribution in [2.75, 3.05) is 26.1 Å². The van der Waals surface area contributed by atoms with Gasteiger partial charge in [0.05, 0.1) is 12.7 Å². The lowest BCUT2D eigenvalue weighted by Crippen LogP contribution is -2.08. The lowest BCUT2D eigenvalue weighted by Gasteiger charge is -2.12. The number of methoxy groups -OCH3 is 1. The zero-order valence-corrected chi connectivity index (χ0v) is 14.0. The smallest absolute Gasteiger partial charge is 0.336 e. The number of anilines is 1. The number of carboxylic acid groups (broad SMARTS) is 1. The topological polar surface area (TPSA) is 49.8 Å². The van der Waals surface area contributed by atoms with E-state index in [1.54, 1.807) is 24.3 Å². The van der Waals surface area contributed by atoms with Gasteiger partial charge in [0.15, 0.2) is 0 Å². The highest BCUT2D eigenvalue weighted by Gasteiger charge is 2.16. The van der Waals surface area contributed by atoms with Gasteiger partial charge in [-0.15, -0.1) is 0 Å². The van der Waals surface area contributed by atoms with Crippen molar-refractivity contribution in [2.45, 2.75) is 0 Å². The molecule has 0 radical (unpaired) electrons. The minimum atomic E-state index is -1.04. The summed E-state index contributed by atoms with van der Waals surface area (Å²) in [4.78, 5) is 13.7. The average molecular weight is 332 g/mol. The molecule has 0 atom stereocenters. The van der Waals surface area contributed by atoms with E-state index in [4.69, 9.17) is 16.3 Å². The Balaban J connectivity index is 2.50. The van der Waals surface area contributed by atoms with Crippen molar-refractivity contribution in [3.05, 3.63) is 58.6 Å². The van der Waals surface area contributed by atoms with Gasteiger partial charge in [-0.05, 0) is 42.0 Å². The number of ether oxygens (including phenoxy) is 1. The molecule has 1 N–H and O–H groups in total. The van der Waals surface area contributed by atoms with Gasteiger partial charge in [-0.25, -0.2) is 4.79 Å². The SMILES string of the molecule is COc1ccc(Cl)cc1/C(=C/c1ccc(N(C)C)cc1)C(=O)O. The van der Waals surface area contributed by atoms with Gasteiger partial charge in [0.25, 0.3) is 0 Å². The van der Waals surface area contributed by atoms with E-state index in [0.717, 1.165) is 11.3 Å². The molecule has 0 aliphatic heterocycles. The van der Waals surface area contributed by atoms with Crippen LogP contribution >= 0.6 is 11.6 Å². The zero-order chi connectivity index (χ0) is 17.0. The standard InChI is InChI=1S/C18H18ClNO3/c1-20(2)14-7-4-12(5-8-14)10-16(18(21)22)15-11-13(19)6-9-17(15)23-3/h4-11H,1-3H3,(H,21,22)/b16-10-. The van der Waals surface area contributed by atoms with E-state index in [9.17, 15) is 9.90 Å². The second-order valence-electron chi connectivity index (χ2n) is 5.19. The van der Waals surface area contributed by atoms with Crippen molar-refractivity contribution >= 4 is 34.9 Å². The first kappa shape index (κ1) is 16.9. The lowest BCUT2D eigenvalue weighted by molar-refractivity contribution is -0.130. The van der Waals surface area contributed by atoms with E-state index in [0.29, 0.717) is 16.3 Å². The summed E-state index contributed by atoms with van der Waals surface area (Å²) in [6, 6.07) is 12.5. The van der Waals surface area contributed by atoms with Crippen molar-refractivity contribution in [2.24, 2.45) is 0 Å². The van der Waals surface area contributed by atoms with Crippen LogP contribution in [0.3, 0.4) is 0 Å². The van der Waals surface area contributed by atoms with E-state index < -0.39 is 5.97 Å². The number of carboxylic acids is 1. The Morgan fingerprint density at radius 3 is 2.35 bits per heavy atom. The van der Waals surface area contributed by atoms with E-state index in [2.05, 4.69) is 0 Å². The third-order valence-corrected chi connectivity index (χ3v) is 3.64. The van der Waals surface area contributed by atoms with E-state index in [-0.39, 0.29) is 5.57 Å². The van der Waals surface area contributed by atoms with Crippen LogP contribution < -0.4 is 9.64 Å². The number of aliphatic carboxylic acids is 1. The molecule has 2 aromatic carbocycles. The Hall–Kier alpha value is -2.46. The van der Waals surface area contributed by atoms with Crippen molar-refractivity contribution < 1.29 is 14.6 Å². The molecule has 0 fully saturated rings. The van der Waals surface area contributed by atoms with Crippen LogP contribution in [0.2, 0.25) is 5.02 Å². The number of rotatable bonds is 5. The number of nitrogens with zero attached hydrogens (tertiary/aromatic N) is 1. The molecule has 0 aromatic heterocycles. The molecule has 23 heavy (non-hydrogen) atoms. The highest BCUT2D eigenvalue weighted by atomic mass is 35.5. The van der Waals surface area contributed by atoms with Crippen molar-refractivity contribution in [1.82, 2.24) is 0 Å².